The summed E-state index contributed by atoms with van der Waals surface area (Å²) < 4.78 is 13.2. The van der Waals surface area contributed by atoms with Crippen LogP contribution in [0.3, 0.4) is 0 Å². The van der Waals surface area contributed by atoms with Gasteiger partial charge in [0.05, 0.1) is 24.6 Å². The van der Waals surface area contributed by atoms with Crippen LogP contribution < -0.4 is 14.9 Å². The number of ether oxygens (including phenoxy) is 2. The van der Waals surface area contributed by atoms with Crippen molar-refractivity contribution in [3.05, 3.63) is 112 Å². The predicted molar refractivity (Wildman–Crippen MR) is 135 cm³/mol. The number of hydrogen-bond acceptors (Lipinski definition) is 4. The highest BCUT2D eigenvalue weighted by atomic mass is 35.5. The van der Waals surface area contributed by atoms with Crippen LogP contribution in [-0.2, 0) is 6.61 Å². The number of hydrazone groups is 1. The number of hydrogen-bond donors (Lipinski definition) is 1. The number of methoxy groups -OCH3 is 1. The second-order valence-corrected chi connectivity index (χ2v) is 8.02. The van der Waals surface area contributed by atoms with Gasteiger partial charge < -0.3 is 14.0 Å². The number of amides is 1. The molecule has 4 aromatic rings. The molecule has 4 rings (SSSR count). The lowest BCUT2D eigenvalue weighted by molar-refractivity contribution is 0.0955. The molecule has 1 aromatic heterocycles. The lowest BCUT2D eigenvalue weighted by atomic mass is 10.1. The Morgan fingerprint density at radius 2 is 1.71 bits per heavy atom. The maximum atomic E-state index is 12.7. The molecule has 0 bridgehead atoms. The Bertz CT molecular complexity index is 1300. The number of para-hydroxylation sites is 1. The van der Waals surface area contributed by atoms with Crippen LogP contribution in [0, 0.1) is 0 Å². The Labute approximate surface area is 207 Å². The lowest BCUT2D eigenvalue weighted by Gasteiger charge is -2.13. The molecular weight excluding hydrogens is 473 g/mol. The standard InChI is InChI=1S/C26H21Cl2N3O3/c1-33-25-15-18(11-12-24(25)34-17-20-21(27)8-6-9-22(20)28)16-29-30-26(32)19-7-2-3-10-23(19)31-13-4-5-14-31/h2-16H,17H2,1H3,(H,30,32)/b29-16-. The number of benzene rings is 3. The zero-order valence-corrected chi connectivity index (χ0v) is 19.8. The maximum absolute atomic E-state index is 12.7. The molecule has 6 nitrogen and oxygen atoms in total. The van der Waals surface area contributed by atoms with Crippen LogP contribution in [0.1, 0.15) is 21.5 Å². The molecule has 0 fully saturated rings. The number of carbonyl (C=O) groups excluding carboxylic acids is 1. The summed E-state index contributed by atoms with van der Waals surface area (Å²) in [6, 6.07) is 21.7. The monoisotopic (exact) mass is 493 g/mol. The van der Waals surface area contributed by atoms with Crippen molar-refractivity contribution in [1.82, 2.24) is 9.99 Å². The van der Waals surface area contributed by atoms with Crippen molar-refractivity contribution in [3.8, 4) is 17.2 Å². The number of nitrogens with zero attached hydrogens (tertiary/aromatic N) is 2. The van der Waals surface area contributed by atoms with Crippen molar-refractivity contribution < 1.29 is 14.3 Å². The molecule has 0 aliphatic carbocycles. The summed E-state index contributed by atoms with van der Waals surface area (Å²) >= 11 is 12.4. The van der Waals surface area contributed by atoms with Crippen LogP contribution in [0.4, 0.5) is 0 Å². The van der Waals surface area contributed by atoms with Gasteiger partial charge in [-0.05, 0) is 60.2 Å². The van der Waals surface area contributed by atoms with Crippen molar-refractivity contribution in [1.29, 1.82) is 0 Å². The van der Waals surface area contributed by atoms with Gasteiger partial charge >= 0.3 is 0 Å². The molecule has 8 heteroatoms. The van der Waals surface area contributed by atoms with E-state index >= 15 is 0 Å². The Hall–Kier alpha value is -3.74. The maximum Gasteiger partial charge on any atom is 0.273 e. The predicted octanol–water partition coefficient (Wildman–Crippen LogP) is 6.14. The van der Waals surface area contributed by atoms with Crippen LogP contribution in [0.25, 0.3) is 5.69 Å². The van der Waals surface area contributed by atoms with E-state index in [0.717, 1.165) is 11.3 Å². The van der Waals surface area contributed by atoms with E-state index in [9.17, 15) is 4.79 Å². The second kappa shape index (κ2) is 10.9. The highest BCUT2D eigenvalue weighted by molar-refractivity contribution is 6.35. The SMILES string of the molecule is COc1cc(/C=N\NC(=O)c2ccccc2-n2cccc2)ccc1OCc1c(Cl)cccc1Cl. The Morgan fingerprint density at radius 3 is 2.44 bits per heavy atom. The fourth-order valence-corrected chi connectivity index (χ4v) is 3.82. The quantitative estimate of drug-likeness (QED) is 0.237. The van der Waals surface area contributed by atoms with Crippen LogP contribution in [0.5, 0.6) is 11.5 Å². The smallest absolute Gasteiger partial charge is 0.273 e. The molecule has 0 atom stereocenters. The summed E-state index contributed by atoms with van der Waals surface area (Å²) in [5.41, 5.74) is 5.27. The van der Waals surface area contributed by atoms with E-state index in [4.69, 9.17) is 32.7 Å². The summed E-state index contributed by atoms with van der Waals surface area (Å²) in [5.74, 6) is 0.723. The van der Waals surface area contributed by atoms with Gasteiger partial charge in [0.1, 0.15) is 6.61 Å². The van der Waals surface area contributed by atoms with Gasteiger partial charge in [0.25, 0.3) is 5.91 Å². The summed E-state index contributed by atoms with van der Waals surface area (Å²) in [6.45, 7) is 0.194. The Kier molecular flexibility index (Phi) is 7.52. The molecule has 0 aliphatic rings. The number of carbonyl (C=O) groups is 1. The summed E-state index contributed by atoms with van der Waals surface area (Å²) in [6.07, 6.45) is 5.29. The summed E-state index contributed by atoms with van der Waals surface area (Å²) in [5, 5.41) is 5.16. The average molecular weight is 494 g/mol. The fraction of sp³-hybridized carbons (Fsp3) is 0.0769. The third-order valence-corrected chi connectivity index (χ3v) is 5.74. The molecule has 0 spiro atoms. The third kappa shape index (κ3) is 5.42. The van der Waals surface area contributed by atoms with Gasteiger partial charge in [0, 0.05) is 28.0 Å². The van der Waals surface area contributed by atoms with Crippen molar-refractivity contribution in [2.45, 2.75) is 6.61 Å². The van der Waals surface area contributed by atoms with E-state index in [-0.39, 0.29) is 12.5 Å². The van der Waals surface area contributed by atoms with Crippen molar-refractivity contribution in [2.24, 2.45) is 5.10 Å². The molecule has 1 amide bonds. The van der Waals surface area contributed by atoms with Crippen molar-refractivity contribution >= 4 is 35.3 Å². The van der Waals surface area contributed by atoms with Crippen LogP contribution >= 0.6 is 23.2 Å². The van der Waals surface area contributed by atoms with E-state index in [1.807, 2.05) is 47.3 Å². The van der Waals surface area contributed by atoms with E-state index in [1.165, 1.54) is 6.21 Å². The van der Waals surface area contributed by atoms with Gasteiger partial charge in [-0.3, -0.25) is 4.79 Å². The van der Waals surface area contributed by atoms with Crippen LogP contribution in [-0.4, -0.2) is 23.8 Å². The van der Waals surface area contributed by atoms with E-state index in [2.05, 4.69) is 10.5 Å². The average Bonchev–Trinajstić information content (AvgIpc) is 3.39. The van der Waals surface area contributed by atoms with Gasteiger partial charge in [-0.1, -0.05) is 41.4 Å². The van der Waals surface area contributed by atoms with Gasteiger partial charge in [0.2, 0.25) is 0 Å². The first-order valence-corrected chi connectivity index (χ1v) is 11.1. The topological polar surface area (TPSA) is 64.8 Å². The minimum Gasteiger partial charge on any atom is -0.493 e. The fourth-order valence-electron chi connectivity index (χ4n) is 3.32. The number of rotatable bonds is 8. The van der Waals surface area contributed by atoms with Crippen LogP contribution in [0.2, 0.25) is 10.0 Å². The molecule has 0 aliphatic heterocycles. The highest BCUT2D eigenvalue weighted by Gasteiger charge is 2.12. The Balaban J connectivity index is 1.44. The number of nitrogens with one attached hydrogen (secondary N) is 1. The second-order valence-electron chi connectivity index (χ2n) is 7.21. The van der Waals surface area contributed by atoms with Crippen molar-refractivity contribution in [2.75, 3.05) is 7.11 Å². The molecule has 0 saturated heterocycles. The zero-order valence-electron chi connectivity index (χ0n) is 18.2. The van der Waals surface area contributed by atoms with Gasteiger partial charge in [-0.15, -0.1) is 0 Å². The third-order valence-electron chi connectivity index (χ3n) is 5.03. The first-order valence-electron chi connectivity index (χ1n) is 10.4. The molecule has 1 N–H and O–H groups in total. The first kappa shape index (κ1) is 23.4. The normalized spacial score (nSPS) is 10.9. The summed E-state index contributed by atoms with van der Waals surface area (Å²) in [4.78, 5) is 12.7. The minimum absolute atomic E-state index is 0.194. The number of aromatic nitrogens is 1. The number of halogens is 2. The molecular formula is C26H21Cl2N3O3. The van der Waals surface area contributed by atoms with Gasteiger partial charge in [-0.2, -0.15) is 5.10 Å². The van der Waals surface area contributed by atoms with Crippen molar-refractivity contribution in [3.63, 3.8) is 0 Å². The lowest BCUT2D eigenvalue weighted by Crippen LogP contribution is -2.19. The van der Waals surface area contributed by atoms with Gasteiger partial charge in [-0.25, -0.2) is 5.43 Å². The minimum atomic E-state index is -0.316. The Morgan fingerprint density at radius 1 is 0.971 bits per heavy atom. The molecule has 1 heterocycles. The van der Waals surface area contributed by atoms with Crippen LogP contribution in [0.15, 0.2) is 90.3 Å². The van der Waals surface area contributed by atoms with E-state index in [1.54, 1.807) is 49.6 Å². The molecule has 0 radical (unpaired) electrons. The van der Waals surface area contributed by atoms with E-state index < -0.39 is 0 Å². The largest absolute Gasteiger partial charge is 0.493 e. The van der Waals surface area contributed by atoms with Gasteiger partial charge in [0.15, 0.2) is 11.5 Å². The zero-order chi connectivity index (χ0) is 23.9. The molecule has 34 heavy (non-hydrogen) atoms. The molecule has 172 valence electrons. The molecule has 3 aromatic carbocycles. The highest BCUT2D eigenvalue weighted by Crippen LogP contribution is 2.31. The summed E-state index contributed by atoms with van der Waals surface area (Å²) in [7, 11) is 1.55. The van der Waals surface area contributed by atoms with E-state index in [0.29, 0.717) is 32.7 Å². The molecule has 0 unspecified atom stereocenters. The molecule has 0 saturated carbocycles. The first-order chi connectivity index (χ1) is 16.6.